The molecule has 1 N–H and O–H groups in total. The largest absolute Gasteiger partial charge is 0.456 e. The lowest BCUT2D eigenvalue weighted by atomic mass is 10.1. The first kappa shape index (κ1) is 18.3. The summed E-state index contributed by atoms with van der Waals surface area (Å²) in [5.41, 5.74) is 2.48. The number of hydrogen-bond donors (Lipinski definition) is 1. The maximum atomic E-state index is 11.9. The maximum Gasteiger partial charge on any atom is 0.263 e. The number of thiocarbonyl (C=S) groups is 1. The highest BCUT2D eigenvalue weighted by atomic mass is 32.2. The van der Waals surface area contributed by atoms with Crippen LogP contribution in [0.4, 0.5) is 5.82 Å². The van der Waals surface area contributed by atoms with Gasteiger partial charge < -0.3 is 19.4 Å². The van der Waals surface area contributed by atoms with Crippen LogP contribution in [0.15, 0.2) is 46.1 Å². The Kier molecular flexibility index (Phi) is 4.78. The standard InChI is InChI=1S/C20H16N4O3S2/c25-19-16(29-20(28)23-19)8-14-7-13-9-21-11-15(18(13)27-14)12-1-2-17(22-10-12)24-3-5-26-6-4-24/h1-2,7-11H,3-6H2,(H,23,25,28)/b16-8+. The van der Waals surface area contributed by atoms with E-state index in [0.717, 1.165) is 48.6 Å². The maximum absolute atomic E-state index is 11.9. The number of nitrogens with one attached hydrogen (secondary N) is 1. The Morgan fingerprint density at radius 2 is 2.07 bits per heavy atom. The summed E-state index contributed by atoms with van der Waals surface area (Å²) in [7, 11) is 0. The molecule has 1 amide bonds. The predicted octanol–water partition coefficient (Wildman–Crippen LogP) is 3.22. The molecule has 0 aromatic carbocycles. The summed E-state index contributed by atoms with van der Waals surface area (Å²) in [6.07, 6.45) is 7.04. The molecule has 3 aromatic heterocycles. The third-order valence-electron chi connectivity index (χ3n) is 4.75. The summed E-state index contributed by atoms with van der Waals surface area (Å²) in [5.74, 6) is 1.30. The Balaban J connectivity index is 1.47. The molecule has 146 valence electrons. The first-order chi connectivity index (χ1) is 14.2. The van der Waals surface area contributed by atoms with E-state index in [9.17, 15) is 4.79 Å². The van der Waals surface area contributed by atoms with E-state index in [1.54, 1.807) is 18.5 Å². The highest BCUT2D eigenvalue weighted by Crippen LogP contribution is 2.33. The van der Waals surface area contributed by atoms with Gasteiger partial charge in [0.05, 0.1) is 18.1 Å². The van der Waals surface area contributed by atoms with Crippen molar-refractivity contribution >= 4 is 57.1 Å². The second kappa shape index (κ2) is 7.58. The van der Waals surface area contributed by atoms with Gasteiger partial charge in [-0.1, -0.05) is 24.0 Å². The number of ether oxygens (including phenoxy) is 1. The monoisotopic (exact) mass is 424 g/mol. The third-order valence-corrected chi connectivity index (χ3v) is 5.91. The number of morpholine rings is 1. The minimum Gasteiger partial charge on any atom is -0.456 e. The van der Waals surface area contributed by atoms with Crippen molar-refractivity contribution in [3.05, 3.63) is 47.5 Å². The van der Waals surface area contributed by atoms with Crippen molar-refractivity contribution in [1.29, 1.82) is 0 Å². The van der Waals surface area contributed by atoms with Crippen LogP contribution < -0.4 is 10.2 Å². The predicted molar refractivity (Wildman–Crippen MR) is 117 cm³/mol. The summed E-state index contributed by atoms with van der Waals surface area (Å²) in [5, 5.41) is 3.46. The second-order valence-electron chi connectivity index (χ2n) is 6.61. The van der Waals surface area contributed by atoms with Gasteiger partial charge >= 0.3 is 0 Å². The molecular formula is C20H16N4O3S2. The number of rotatable bonds is 3. The van der Waals surface area contributed by atoms with Crippen molar-refractivity contribution in [3.63, 3.8) is 0 Å². The first-order valence-electron chi connectivity index (χ1n) is 9.09. The van der Waals surface area contributed by atoms with Crippen LogP contribution in [0.2, 0.25) is 0 Å². The molecule has 2 fully saturated rings. The smallest absolute Gasteiger partial charge is 0.263 e. The number of hydrogen-bond acceptors (Lipinski definition) is 8. The zero-order valence-corrected chi connectivity index (χ0v) is 16.9. The number of carbonyl (C=O) groups is 1. The molecule has 7 nitrogen and oxygen atoms in total. The number of amides is 1. The fourth-order valence-corrected chi connectivity index (χ4v) is 4.36. The molecule has 0 aliphatic carbocycles. The van der Waals surface area contributed by atoms with Crippen molar-refractivity contribution in [2.75, 3.05) is 31.2 Å². The number of pyridine rings is 2. The molecule has 0 radical (unpaired) electrons. The molecule has 2 aliphatic heterocycles. The summed E-state index contributed by atoms with van der Waals surface area (Å²) in [4.78, 5) is 23.6. The van der Waals surface area contributed by atoms with E-state index in [1.807, 2.05) is 24.4 Å². The summed E-state index contributed by atoms with van der Waals surface area (Å²) < 4.78 is 11.9. The summed E-state index contributed by atoms with van der Waals surface area (Å²) in [6, 6.07) is 5.89. The highest BCUT2D eigenvalue weighted by Gasteiger charge is 2.23. The molecule has 0 saturated carbocycles. The molecular weight excluding hydrogens is 408 g/mol. The number of nitrogens with zero attached hydrogens (tertiary/aromatic N) is 3. The molecule has 2 aliphatic rings. The lowest BCUT2D eigenvalue weighted by Gasteiger charge is -2.27. The molecule has 0 spiro atoms. The molecule has 3 aromatic rings. The van der Waals surface area contributed by atoms with Gasteiger partial charge in [0, 0.05) is 54.3 Å². The second-order valence-corrected chi connectivity index (χ2v) is 8.33. The Labute approximate surface area is 176 Å². The van der Waals surface area contributed by atoms with Crippen molar-refractivity contribution < 1.29 is 13.9 Å². The zero-order valence-electron chi connectivity index (χ0n) is 15.3. The van der Waals surface area contributed by atoms with Gasteiger partial charge in [0.15, 0.2) is 0 Å². The van der Waals surface area contributed by atoms with Crippen LogP contribution in [0.25, 0.3) is 28.2 Å². The van der Waals surface area contributed by atoms with Gasteiger partial charge in [-0.15, -0.1) is 0 Å². The van der Waals surface area contributed by atoms with Crippen LogP contribution in [0.1, 0.15) is 5.76 Å². The highest BCUT2D eigenvalue weighted by molar-refractivity contribution is 8.26. The van der Waals surface area contributed by atoms with E-state index in [-0.39, 0.29) is 5.91 Å². The van der Waals surface area contributed by atoms with Crippen LogP contribution >= 0.6 is 24.0 Å². The molecule has 29 heavy (non-hydrogen) atoms. The van der Waals surface area contributed by atoms with E-state index in [0.29, 0.717) is 20.6 Å². The summed E-state index contributed by atoms with van der Waals surface area (Å²) in [6.45, 7) is 3.13. The average molecular weight is 425 g/mol. The van der Waals surface area contributed by atoms with E-state index < -0.39 is 0 Å². The van der Waals surface area contributed by atoms with Gasteiger partial charge in [0.25, 0.3) is 5.91 Å². The normalized spacial score (nSPS) is 18.6. The van der Waals surface area contributed by atoms with E-state index in [4.69, 9.17) is 21.4 Å². The SMILES string of the molecule is O=C1NC(=S)S/C1=C/c1cc2cncc(-c3ccc(N4CCOCC4)nc3)c2o1. The Morgan fingerprint density at radius 3 is 2.79 bits per heavy atom. The lowest BCUT2D eigenvalue weighted by molar-refractivity contribution is -0.115. The summed E-state index contributed by atoms with van der Waals surface area (Å²) >= 11 is 6.26. The van der Waals surface area contributed by atoms with Gasteiger partial charge in [0.1, 0.15) is 21.5 Å². The minimum absolute atomic E-state index is 0.207. The van der Waals surface area contributed by atoms with Crippen molar-refractivity contribution in [1.82, 2.24) is 15.3 Å². The number of anilines is 1. The quantitative estimate of drug-likeness (QED) is 0.507. The number of carbonyl (C=O) groups excluding carboxylic acids is 1. The van der Waals surface area contributed by atoms with Crippen molar-refractivity contribution in [2.24, 2.45) is 0 Å². The molecule has 2 saturated heterocycles. The average Bonchev–Trinajstić information content (AvgIpc) is 3.30. The van der Waals surface area contributed by atoms with Crippen LogP contribution in [-0.4, -0.2) is 46.5 Å². The van der Waals surface area contributed by atoms with Crippen molar-refractivity contribution in [2.45, 2.75) is 0 Å². The van der Waals surface area contributed by atoms with Crippen LogP contribution in [0.5, 0.6) is 0 Å². The molecule has 5 rings (SSSR count). The number of thioether (sulfide) groups is 1. The van der Waals surface area contributed by atoms with E-state index in [2.05, 4.69) is 20.2 Å². The molecule has 5 heterocycles. The molecule has 0 atom stereocenters. The van der Waals surface area contributed by atoms with Crippen molar-refractivity contribution in [3.8, 4) is 11.1 Å². The van der Waals surface area contributed by atoms with Crippen LogP contribution in [0, 0.1) is 0 Å². The molecule has 0 unspecified atom stereocenters. The number of aromatic nitrogens is 2. The van der Waals surface area contributed by atoms with Gasteiger partial charge in [-0.25, -0.2) is 4.98 Å². The Morgan fingerprint density at radius 1 is 1.21 bits per heavy atom. The fraction of sp³-hybridized carbons (Fsp3) is 0.200. The fourth-order valence-electron chi connectivity index (χ4n) is 3.33. The zero-order chi connectivity index (χ0) is 19.8. The minimum atomic E-state index is -0.207. The Hall–Kier alpha value is -2.75. The third kappa shape index (κ3) is 3.64. The van der Waals surface area contributed by atoms with Crippen LogP contribution in [-0.2, 0) is 9.53 Å². The van der Waals surface area contributed by atoms with Gasteiger partial charge in [-0.3, -0.25) is 9.78 Å². The molecule has 9 heteroatoms. The topological polar surface area (TPSA) is 80.5 Å². The molecule has 0 bridgehead atoms. The Bertz CT molecular complexity index is 1130. The number of furan rings is 1. The first-order valence-corrected chi connectivity index (χ1v) is 10.3. The lowest BCUT2D eigenvalue weighted by Crippen LogP contribution is -2.36. The van der Waals surface area contributed by atoms with Crippen LogP contribution in [0.3, 0.4) is 0 Å². The van der Waals surface area contributed by atoms with E-state index in [1.165, 1.54) is 11.8 Å². The number of fused-ring (bicyclic) bond motifs is 1. The van der Waals surface area contributed by atoms with Gasteiger partial charge in [0.2, 0.25) is 0 Å². The van der Waals surface area contributed by atoms with Gasteiger partial charge in [-0.2, -0.15) is 0 Å². The van der Waals surface area contributed by atoms with E-state index >= 15 is 0 Å². The van der Waals surface area contributed by atoms with Gasteiger partial charge in [-0.05, 0) is 18.2 Å².